The molecular formula is C11H18N2O3. The quantitative estimate of drug-likeness (QED) is 0.747. The lowest BCUT2D eigenvalue weighted by Gasteiger charge is -2.16. The highest BCUT2D eigenvalue weighted by atomic mass is 16.5. The minimum atomic E-state index is -0.224. The molecule has 0 spiro atoms. The van der Waals surface area contributed by atoms with Gasteiger partial charge >= 0.3 is 0 Å². The highest BCUT2D eigenvalue weighted by molar-refractivity contribution is 5.92. The van der Waals surface area contributed by atoms with E-state index in [1.807, 2.05) is 6.92 Å². The summed E-state index contributed by atoms with van der Waals surface area (Å²) < 4.78 is 10.1. The van der Waals surface area contributed by atoms with Crippen molar-refractivity contribution in [3.05, 3.63) is 23.7 Å². The molecule has 90 valence electrons. The molecule has 0 aliphatic heterocycles. The van der Waals surface area contributed by atoms with Crippen molar-refractivity contribution in [3.8, 4) is 0 Å². The van der Waals surface area contributed by atoms with Crippen LogP contribution in [-0.2, 0) is 4.74 Å². The Hall–Kier alpha value is -1.33. The van der Waals surface area contributed by atoms with Crippen LogP contribution in [0.1, 0.15) is 22.5 Å². The predicted octanol–water partition coefficient (Wildman–Crippen LogP) is 0.682. The van der Waals surface area contributed by atoms with Crippen LogP contribution in [0.15, 0.2) is 16.7 Å². The maximum atomic E-state index is 11.8. The molecular weight excluding hydrogens is 208 g/mol. The number of nitrogens with two attached hydrogens (primary N) is 1. The van der Waals surface area contributed by atoms with Gasteiger partial charge in [0.15, 0.2) is 5.76 Å². The topological polar surface area (TPSA) is 77.5 Å². The highest BCUT2D eigenvalue weighted by Crippen LogP contribution is 2.08. The third-order valence-electron chi connectivity index (χ3n) is 2.29. The van der Waals surface area contributed by atoms with Crippen LogP contribution in [0.3, 0.4) is 0 Å². The van der Waals surface area contributed by atoms with Crippen molar-refractivity contribution in [2.45, 2.75) is 19.4 Å². The first kappa shape index (κ1) is 12.7. The van der Waals surface area contributed by atoms with Gasteiger partial charge in [0, 0.05) is 12.7 Å². The number of hydrogen-bond donors (Lipinski definition) is 2. The SMILES string of the molecule is COCC(CCN)NC(=O)c1occc1C. The second kappa shape index (κ2) is 6.30. The average Bonchev–Trinajstić information content (AvgIpc) is 2.65. The molecule has 1 amide bonds. The highest BCUT2D eigenvalue weighted by Gasteiger charge is 2.16. The summed E-state index contributed by atoms with van der Waals surface area (Å²) in [6.07, 6.45) is 2.18. The van der Waals surface area contributed by atoms with Crippen molar-refractivity contribution in [3.63, 3.8) is 0 Å². The molecule has 3 N–H and O–H groups in total. The molecule has 1 aromatic heterocycles. The van der Waals surface area contributed by atoms with Gasteiger partial charge in [0.05, 0.1) is 18.9 Å². The first-order chi connectivity index (χ1) is 7.69. The van der Waals surface area contributed by atoms with Crippen LogP contribution in [-0.4, -0.2) is 32.2 Å². The van der Waals surface area contributed by atoms with Gasteiger partial charge in [-0.15, -0.1) is 0 Å². The van der Waals surface area contributed by atoms with E-state index in [0.717, 1.165) is 5.56 Å². The number of ether oxygens (including phenoxy) is 1. The monoisotopic (exact) mass is 226 g/mol. The fourth-order valence-corrected chi connectivity index (χ4v) is 1.46. The third-order valence-corrected chi connectivity index (χ3v) is 2.29. The lowest BCUT2D eigenvalue weighted by atomic mass is 10.2. The normalized spacial score (nSPS) is 12.4. The molecule has 0 aromatic carbocycles. The number of carbonyl (C=O) groups is 1. The maximum Gasteiger partial charge on any atom is 0.287 e. The zero-order valence-corrected chi connectivity index (χ0v) is 9.66. The summed E-state index contributed by atoms with van der Waals surface area (Å²) in [7, 11) is 1.59. The first-order valence-corrected chi connectivity index (χ1v) is 5.23. The standard InChI is InChI=1S/C11H18N2O3/c1-8-4-6-16-10(8)11(14)13-9(3-5-12)7-15-2/h4,6,9H,3,5,7,12H2,1-2H3,(H,13,14). The molecule has 0 radical (unpaired) electrons. The number of methoxy groups -OCH3 is 1. The van der Waals surface area contributed by atoms with E-state index in [0.29, 0.717) is 25.3 Å². The van der Waals surface area contributed by atoms with E-state index in [1.165, 1.54) is 6.26 Å². The Labute approximate surface area is 94.9 Å². The number of hydrogen-bond acceptors (Lipinski definition) is 4. The molecule has 0 aliphatic carbocycles. The molecule has 1 atom stereocenters. The van der Waals surface area contributed by atoms with Crippen LogP contribution >= 0.6 is 0 Å². The second-order valence-corrected chi connectivity index (χ2v) is 3.64. The van der Waals surface area contributed by atoms with E-state index >= 15 is 0 Å². The summed E-state index contributed by atoms with van der Waals surface area (Å²) in [5.41, 5.74) is 6.27. The van der Waals surface area contributed by atoms with E-state index in [1.54, 1.807) is 13.2 Å². The van der Waals surface area contributed by atoms with E-state index in [2.05, 4.69) is 5.32 Å². The van der Waals surface area contributed by atoms with Crippen LogP contribution in [0.5, 0.6) is 0 Å². The molecule has 1 rings (SSSR count). The van der Waals surface area contributed by atoms with Gasteiger partial charge < -0.3 is 20.2 Å². The molecule has 0 aliphatic rings. The fourth-order valence-electron chi connectivity index (χ4n) is 1.46. The van der Waals surface area contributed by atoms with Gasteiger partial charge in [-0.05, 0) is 26.0 Å². The fraction of sp³-hybridized carbons (Fsp3) is 0.545. The van der Waals surface area contributed by atoms with Gasteiger partial charge in [0.1, 0.15) is 0 Å². The van der Waals surface area contributed by atoms with E-state index in [-0.39, 0.29) is 11.9 Å². The third kappa shape index (κ3) is 3.36. The number of amides is 1. The van der Waals surface area contributed by atoms with Gasteiger partial charge in [-0.25, -0.2) is 0 Å². The predicted molar refractivity (Wildman–Crippen MR) is 60.2 cm³/mol. The Balaban J connectivity index is 2.58. The number of furan rings is 1. The Morgan fingerprint density at radius 2 is 2.44 bits per heavy atom. The molecule has 5 nitrogen and oxygen atoms in total. The smallest absolute Gasteiger partial charge is 0.287 e. The van der Waals surface area contributed by atoms with Crippen LogP contribution in [0.25, 0.3) is 0 Å². The van der Waals surface area contributed by atoms with Crippen molar-refractivity contribution >= 4 is 5.91 Å². The molecule has 5 heteroatoms. The minimum absolute atomic E-state index is 0.0769. The summed E-state index contributed by atoms with van der Waals surface area (Å²) in [6, 6.07) is 1.68. The first-order valence-electron chi connectivity index (χ1n) is 5.23. The van der Waals surface area contributed by atoms with Crippen LogP contribution < -0.4 is 11.1 Å². The summed E-state index contributed by atoms with van der Waals surface area (Å²) in [5.74, 6) is 0.121. The van der Waals surface area contributed by atoms with Crippen molar-refractivity contribution < 1.29 is 13.9 Å². The van der Waals surface area contributed by atoms with Crippen LogP contribution in [0, 0.1) is 6.92 Å². The molecule has 1 unspecified atom stereocenters. The maximum absolute atomic E-state index is 11.8. The molecule has 16 heavy (non-hydrogen) atoms. The van der Waals surface area contributed by atoms with Gasteiger partial charge in [0.2, 0.25) is 0 Å². The van der Waals surface area contributed by atoms with Gasteiger partial charge in [0.25, 0.3) is 5.91 Å². The van der Waals surface area contributed by atoms with Crippen molar-refractivity contribution in [1.29, 1.82) is 0 Å². The molecule has 0 bridgehead atoms. The summed E-state index contributed by atoms with van der Waals surface area (Å²) >= 11 is 0. The number of aryl methyl sites for hydroxylation is 1. The molecule has 0 saturated carbocycles. The molecule has 1 aromatic rings. The minimum Gasteiger partial charge on any atom is -0.459 e. The lowest BCUT2D eigenvalue weighted by Crippen LogP contribution is -2.39. The second-order valence-electron chi connectivity index (χ2n) is 3.64. The zero-order chi connectivity index (χ0) is 12.0. The van der Waals surface area contributed by atoms with Gasteiger partial charge in [-0.2, -0.15) is 0 Å². The molecule has 0 saturated heterocycles. The number of nitrogens with one attached hydrogen (secondary N) is 1. The number of carbonyl (C=O) groups excluding carboxylic acids is 1. The number of rotatable bonds is 6. The van der Waals surface area contributed by atoms with E-state index in [9.17, 15) is 4.79 Å². The van der Waals surface area contributed by atoms with E-state index in [4.69, 9.17) is 14.9 Å². The lowest BCUT2D eigenvalue weighted by molar-refractivity contribution is 0.0865. The Morgan fingerprint density at radius 3 is 2.94 bits per heavy atom. The van der Waals surface area contributed by atoms with Gasteiger partial charge in [-0.3, -0.25) is 4.79 Å². The summed E-state index contributed by atoms with van der Waals surface area (Å²) in [6.45, 7) is 2.78. The molecule has 0 fully saturated rings. The summed E-state index contributed by atoms with van der Waals surface area (Å²) in [4.78, 5) is 11.8. The van der Waals surface area contributed by atoms with E-state index < -0.39 is 0 Å². The average molecular weight is 226 g/mol. The van der Waals surface area contributed by atoms with Crippen LogP contribution in [0.4, 0.5) is 0 Å². The zero-order valence-electron chi connectivity index (χ0n) is 9.66. The Morgan fingerprint density at radius 1 is 1.69 bits per heavy atom. The summed E-state index contributed by atoms with van der Waals surface area (Å²) in [5, 5.41) is 2.82. The largest absolute Gasteiger partial charge is 0.459 e. The van der Waals surface area contributed by atoms with Crippen molar-refractivity contribution in [1.82, 2.24) is 5.32 Å². The van der Waals surface area contributed by atoms with Crippen molar-refractivity contribution in [2.24, 2.45) is 5.73 Å². The van der Waals surface area contributed by atoms with Crippen molar-refractivity contribution in [2.75, 3.05) is 20.3 Å². The van der Waals surface area contributed by atoms with Crippen LogP contribution in [0.2, 0.25) is 0 Å². The molecule has 1 heterocycles. The van der Waals surface area contributed by atoms with Gasteiger partial charge in [-0.1, -0.05) is 0 Å². The Kier molecular flexibility index (Phi) is 5.01. The Bertz CT molecular complexity index is 330.